The molecule has 1 aromatic heterocycles. The predicted octanol–water partition coefficient (Wildman–Crippen LogP) is 4.67. The van der Waals surface area contributed by atoms with Crippen molar-refractivity contribution < 1.29 is 18.8 Å². The van der Waals surface area contributed by atoms with E-state index >= 15 is 0 Å². The number of aromatic nitrogens is 2. The summed E-state index contributed by atoms with van der Waals surface area (Å²) in [7, 11) is 3.19. The van der Waals surface area contributed by atoms with Crippen molar-refractivity contribution in [2.24, 2.45) is 5.92 Å². The lowest BCUT2D eigenvalue weighted by molar-refractivity contribution is -0.126. The zero-order chi connectivity index (χ0) is 25.3. The number of thioether (sulfide) groups is 1. The van der Waals surface area contributed by atoms with Crippen molar-refractivity contribution in [1.29, 1.82) is 0 Å². The van der Waals surface area contributed by atoms with Crippen LogP contribution in [-0.2, 0) is 17.1 Å². The minimum absolute atomic E-state index is 0.0455. The Kier molecular flexibility index (Phi) is 9.49. The van der Waals surface area contributed by atoms with E-state index in [9.17, 15) is 4.79 Å². The molecule has 2 aromatic carbocycles. The van der Waals surface area contributed by atoms with Crippen LogP contribution in [0.4, 0.5) is 0 Å². The number of carbonyl (C=O) groups is 1. The number of amides is 1. The van der Waals surface area contributed by atoms with Crippen LogP contribution in [0.3, 0.4) is 0 Å². The first-order valence-electron chi connectivity index (χ1n) is 11.9. The quantitative estimate of drug-likeness (QED) is 0.358. The summed E-state index contributed by atoms with van der Waals surface area (Å²) in [6.45, 7) is 2.87. The normalized spacial score (nSPS) is 14.5. The highest BCUT2D eigenvalue weighted by Gasteiger charge is 2.26. The number of carbonyl (C=O) groups excluding carboxylic acids is 1. The van der Waals surface area contributed by atoms with Crippen molar-refractivity contribution in [2.45, 2.75) is 25.1 Å². The van der Waals surface area contributed by atoms with Gasteiger partial charge in [0.25, 0.3) is 0 Å². The number of nitrogens with one attached hydrogen (secondary N) is 1. The minimum atomic E-state index is 0.0455. The summed E-state index contributed by atoms with van der Waals surface area (Å²) in [4.78, 5) is 19.4. The molecule has 0 unspecified atom stereocenters. The van der Waals surface area contributed by atoms with Gasteiger partial charge in [0.05, 0.1) is 20.8 Å². The molecule has 1 aliphatic rings. The zero-order valence-corrected chi connectivity index (χ0v) is 22.1. The Morgan fingerprint density at radius 1 is 1.17 bits per heavy atom. The number of likely N-dealkylation sites (tertiary alicyclic amines) is 1. The Morgan fingerprint density at radius 2 is 1.97 bits per heavy atom. The summed E-state index contributed by atoms with van der Waals surface area (Å²) in [6, 6.07) is 13.4. The van der Waals surface area contributed by atoms with E-state index in [1.807, 2.05) is 36.4 Å². The lowest BCUT2D eigenvalue weighted by atomic mass is 9.96. The maximum absolute atomic E-state index is 12.6. The van der Waals surface area contributed by atoms with Crippen molar-refractivity contribution in [3.8, 4) is 22.9 Å². The van der Waals surface area contributed by atoms with E-state index in [2.05, 4.69) is 26.4 Å². The molecule has 0 atom stereocenters. The van der Waals surface area contributed by atoms with Gasteiger partial charge in [0, 0.05) is 34.6 Å². The van der Waals surface area contributed by atoms with Crippen LogP contribution < -0.4 is 14.8 Å². The number of piperidine rings is 1. The highest BCUT2D eigenvalue weighted by Crippen LogP contribution is 2.31. The van der Waals surface area contributed by atoms with Crippen molar-refractivity contribution >= 4 is 29.3 Å². The topological polar surface area (TPSA) is 89.7 Å². The molecule has 36 heavy (non-hydrogen) atoms. The molecule has 4 rings (SSSR count). The number of benzene rings is 2. The second-order valence-corrected chi connectivity index (χ2v) is 10.1. The molecule has 0 spiro atoms. The van der Waals surface area contributed by atoms with Crippen LogP contribution >= 0.6 is 23.4 Å². The number of hydrogen-bond donors (Lipinski definition) is 1. The van der Waals surface area contributed by atoms with Crippen LogP contribution in [-0.4, -0.2) is 60.6 Å². The number of rotatable bonds is 11. The summed E-state index contributed by atoms with van der Waals surface area (Å²) in [5.41, 5.74) is 1.99. The molecule has 0 aliphatic carbocycles. The highest BCUT2D eigenvalue weighted by atomic mass is 35.5. The van der Waals surface area contributed by atoms with Gasteiger partial charge in [-0.25, -0.2) is 0 Å². The summed E-state index contributed by atoms with van der Waals surface area (Å²) in [5, 5.41) is 7.96. The average Bonchev–Trinajstić information content (AvgIpc) is 3.37. The van der Waals surface area contributed by atoms with Gasteiger partial charge in [-0.15, -0.1) is 0 Å². The first kappa shape index (κ1) is 26.3. The van der Waals surface area contributed by atoms with Crippen molar-refractivity contribution in [3.05, 3.63) is 58.9 Å². The first-order chi connectivity index (χ1) is 17.6. The molecule has 192 valence electrons. The molecule has 1 saturated heterocycles. The van der Waals surface area contributed by atoms with Gasteiger partial charge in [0.2, 0.25) is 17.6 Å². The lowest BCUT2D eigenvalue weighted by Gasteiger charge is -2.30. The summed E-state index contributed by atoms with van der Waals surface area (Å²) in [5.74, 6) is 4.27. The van der Waals surface area contributed by atoms with E-state index in [0.717, 1.165) is 48.0 Å². The lowest BCUT2D eigenvalue weighted by Crippen LogP contribution is -2.40. The zero-order valence-electron chi connectivity index (χ0n) is 20.5. The van der Waals surface area contributed by atoms with Crippen LogP contribution in [0.25, 0.3) is 11.4 Å². The van der Waals surface area contributed by atoms with Crippen molar-refractivity contribution in [2.75, 3.05) is 39.6 Å². The molecule has 10 heteroatoms. The van der Waals surface area contributed by atoms with E-state index in [4.69, 9.17) is 25.6 Å². The Labute approximate surface area is 220 Å². The second-order valence-electron chi connectivity index (χ2n) is 8.61. The summed E-state index contributed by atoms with van der Waals surface area (Å²) in [6.07, 6.45) is 1.64. The number of methoxy groups -OCH3 is 2. The van der Waals surface area contributed by atoms with Gasteiger partial charge in [-0.05, 0) is 61.8 Å². The van der Waals surface area contributed by atoms with Gasteiger partial charge in [-0.2, -0.15) is 16.7 Å². The molecule has 0 bridgehead atoms. The molecule has 2 heterocycles. The molecular weight excluding hydrogens is 500 g/mol. The number of halogens is 1. The third-order valence-electron chi connectivity index (χ3n) is 6.13. The molecule has 3 aromatic rings. The Morgan fingerprint density at radius 3 is 2.72 bits per heavy atom. The van der Waals surface area contributed by atoms with E-state index < -0.39 is 0 Å². The third-order valence-corrected chi connectivity index (χ3v) is 7.40. The Bertz CT molecular complexity index is 1150. The van der Waals surface area contributed by atoms with Crippen molar-refractivity contribution in [1.82, 2.24) is 20.4 Å². The van der Waals surface area contributed by atoms with Crippen LogP contribution in [0.15, 0.2) is 47.0 Å². The molecular formula is C26H31ClN4O4S. The van der Waals surface area contributed by atoms with E-state index in [1.165, 1.54) is 5.56 Å². The fraction of sp³-hybridized carbons (Fsp3) is 0.423. The van der Waals surface area contributed by atoms with Gasteiger partial charge in [-0.1, -0.05) is 28.9 Å². The molecule has 1 amide bonds. The highest BCUT2D eigenvalue weighted by molar-refractivity contribution is 7.98. The molecule has 1 N–H and O–H groups in total. The molecule has 8 nitrogen and oxygen atoms in total. The second kappa shape index (κ2) is 13.0. The Balaban J connectivity index is 1.17. The molecule has 0 saturated carbocycles. The number of nitrogens with zero attached hydrogens (tertiary/aromatic N) is 3. The number of hydrogen-bond acceptors (Lipinski definition) is 8. The predicted molar refractivity (Wildman–Crippen MR) is 141 cm³/mol. The van der Waals surface area contributed by atoms with Gasteiger partial charge < -0.3 is 19.3 Å². The Hall–Kier alpha value is -2.75. The number of ether oxygens (including phenoxy) is 2. The maximum atomic E-state index is 12.6. The first-order valence-corrected chi connectivity index (χ1v) is 13.5. The van der Waals surface area contributed by atoms with Crippen LogP contribution in [0, 0.1) is 5.92 Å². The van der Waals surface area contributed by atoms with Gasteiger partial charge in [0.1, 0.15) is 0 Å². The van der Waals surface area contributed by atoms with Gasteiger partial charge in [-0.3, -0.25) is 9.69 Å². The summed E-state index contributed by atoms with van der Waals surface area (Å²) >= 11 is 7.82. The standard InChI is InChI=1S/C26H31ClN4O4S/c1-33-22-7-6-20(15-23(22)34-2)25-29-24(35-30-25)16-31-11-8-19(9-12-31)26(32)28-10-13-36-17-18-4-3-5-21(27)14-18/h3-7,14-15,19H,8-13,16-17H2,1-2H3,(H,28,32). The summed E-state index contributed by atoms with van der Waals surface area (Å²) < 4.78 is 16.1. The van der Waals surface area contributed by atoms with E-state index in [-0.39, 0.29) is 11.8 Å². The smallest absolute Gasteiger partial charge is 0.241 e. The molecule has 1 fully saturated rings. The monoisotopic (exact) mass is 530 g/mol. The van der Waals surface area contributed by atoms with Crippen molar-refractivity contribution in [3.63, 3.8) is 0 Å². The van der Waals surface area contributed by atoms with Gasteiger partial charge >= 0.3 is 0 Å². The maximum Gasteiger partial charge on any atom is 0.241 e. The van der Waals surface area contributed by atoms with Gasteiger partial charge in [0.15, 0.2) is 11.5 Å². The minimum Gasteiger partial charge on any atom is -0.493 e. The van der Waals surface area contributed by atoms with E-state index in [1.54, 1.807) is 26.0 Å². The van der Waals surface area contributed by atoms with E-state index in [0.29, 0.717) is 36.3 Å². The largest absolute Gasteiger partial charge is 0.493 e. The fourth-order valence-electron chi connectivity index (χ4n) is 4.16. The molecule has 0 radical (unpaired) electrons. The SMILES string of the molecule is COc1ccc(-c2noc(CN3CCC(C(=O)NCCSCc4cccc(Cl)c4)CC3)n2)cc1OC. The van der Waals surface area contributed by atoms with Crippen LogP contribution in [0.2, 0.25) is 5.02 Å². The average molecular weight is 531 g/mol. The third kappa shape index (κ3) is 7.15. The van der Waals surface area contributed by atoms with Crippen LogP contribution in [0.1, 0.15) is 24.3 Å². The van der Waals surface area contributed by atoms with Crippen LogP contribution in [0.5, 0.6) is 11.5 Å². The fourth-order valence-corrected chi connectivity index (χ4v) is 5.18. The molecule has 1 aliphatic heterocycles.